The van der Waals surface area contributed by atoms with Crippen molar-refractivity contribution < 1.29 is 14.2 Å². The van der Waals surface area contributed by atoms with Crippen LogP contribution in [-0.4, -0.2) is 24.4 Å². The van der Waals surface area contributed by atoms with Crippen LogP contribution in [0.3, 0.4) is 0 Å². The zero-order chi connectivity index (χ0) is 63.5. The zero-order valence-corrected chi connectivity index (χ0v) is 53.4. The molecule has 462 valence electrons. The van der Waals surface area contributed by atoms with Gasteiger partial charge < -0.3 is 23.7 Å². The average molecular weight is 1220 g/mol. The molecule has 5 heteroatoms. The lowest BCUT2D eigenvalue weighted by molar-refractivity contribution is 0.287. The SMILES string of the molecule is C=Cc1ccc(OCCCCCCOc2ccc(-n3c4ccc(-c5ccccc5)cc4c4cc(-c5ccc(N(c6ccc(-c7ccccc7)cc6)c6ccc7c(c6)C(CCCCCCOc6ccc(C=C)cc6)(c6ccccc6)c6ccccc6-7)cc5)ccc43)cc2)cc1. The van der Waals surface area contributed by atoms with Gasteiger partial charge in [-0.1, -0.05) is 227 Å². The van der Waals surface area contributed by atoms with Gasteiger partial charge in [-0.2, -0.15) is 0 Å². The normalized spacial score (nSPS) is 13.1. The first-order chi connectivity index (χ1) is 46.5. The molecule has 0 saturated carbocycles. The van der Waals surface area contributed by atoms with Crippen LogP contribution < -0.4 is 19.1 Å². The summed E-state index contributed by atoms with van der Waals surface area (Å²) in [5.74, 6) is 2.69. The molecule has 1 aromatic heterocycles. The highest BCUT2D eigenvalue weighted by Crippen LogP contribution is 2.56. The van der Waals surface area contributed by atoms with Crippen LogP contribution in [0.4, 0.5) is 17.1 Å². The molecule has 13 aromatic rings. The van der Waals surface area contributed by atoms with E-state index >= 15 is 0 Å². The Morgan fingerprint density at radius 2 is 0.734 bits per heavy atom. The maximum atomic E-state index is 6.31. The van der Waals surface area contributed by atoms with Crippen LogP contribution >= 0.6 is 0 Å². The van der Waals surface area contributed by atoms with Gasteiger partial charge in [0, 0.05) is 38.9 Å². The number of unbranched alkanes of at least 4 members (excludes halogenated alkanes) is 6. The number of aromatic nitrogens is 1. The topological polar surface area (TPSA) is 35.9 Å². The van der Waals surface area contributed by atoms with E-state index in [9.17, 15) is 0 Å². The van der Waals surface area contributed by atoms with Crippen molar-refractivity contribution in [3.63, 3.8) is 0 Å². The number of ether oxygens (including phenoxy) is 3. The van der Waals surface area contributed by atoms with Crippen molar-refractivity contribution in [2.24, 2.45) is 0 Å². The summed E-state index contributed by atoms with van der Waals surface area (Å²) >= 11 is 0. The second-order valence-electron chi connectivity index (χ2n) is 24.7. The molecule has 1 aliphatic rings. The van der Waals surface area contributed by atoms with E-state index in [1.165, 1.54) is 60.8 Å². The molecule has 94 heavy (non-hydrogen) atoms. The molecular weight excluding hydrogens is 1140 g/mol. The molecule has 12 aromatic carbocycles. The number of benzene rings is 12. The molecule has 0 fully saturated rings. The third-order valence-electron chi connectivity index (χ3n) is 18.8. The van der Waals surface area contributed by atoms with Crippen LogP contribution in [0.25, 0.3) is 84.2 Å². The van der Waals surface area contributed by atoms with E-state index < -0.39 is 0 Å². The Morgan fingerprint density at radius 3 is 1.24 bits per heavy atom. The van der Waals surface area contributed by atoms with Gasteiger partial charge in [-0.15, -0.1) is 0 Å². The Labute approximate surface area is 554 Å². The average Bonchev–Trinajstić information content (AvgIpc) is 1.56. The van der Waals surface area contributed by atoms with E-state index in [1.807, 2.05) is 48.6 Å². The zero-order valence-electron chi connectivity index (χ0n) is 53.4. The van der Waals surface area contributed by atoms with Crippen molar-refractivity contribution in [3.8, 4) is 67.4 Å². The quantitative estimate of drug-likeness (QED) is 0.0481. The number of nitrogens with zero attached hydrogens (tertiary/aromatic N) is 2. The Hall–Kier alpha value is -10.9. The fraction of sp³-hybridized carbons (Fsp3) is 0.146. The smallest absolute Gasteiger partial charge is 0.119 e. The molecule has 1 aliphatic carbocycles. The van der Waals surface area contributed by atoms with Gasteiger partial charge in [-0.05, 0) is 220 Å². The van der Waals surface area contributed by atoms with Gasteiger partial charge in [0.15, 0.2) is 0 Å². The van der Waals surface area contributed by atoms with E-state index in [4.69, 9.17) is 14.2 Å². The highest BCUT2D eigenvalue weighted by molar-refractivity contribution is 6.11. The Morgan fingerprint density at radius 1 is 0.330 bits per heavy atom. The van der Waals surface area contributed by atoms with Crippen molar-refractivity contribution in [2.75, 3.05) is 24.7 Å². The summed E-state index contributed by atoms with van der Waals surface area (Å²) in [6, 6.07) is 106. The second-order valence-corrected chi connectivity index (χ2v) is 24.7. The molecule has 0 aliphatic heterocycles. The van der Waals surface area contributed by atoms with Crippen LogP contribution in [-0.2, 0) is 5.41 Å². The van der Waals surface area contributed by atoms with Crippen LogP contribution in [0, 0.1) is 0 Å². The third-order valence-corrected chi connectivity index (χ3v) is 18.8. The Kier molecular flexibility index (Phi) is 18.3. The van der Waals surface area contributed by atoms with E-state index in [0.717, 1.165) is 131 Å². The highest BCUT2D eigenvalue weighted by Gasteiger charge is 2.44. The number of hydrogen-bond acceptors (Lipinski definition) is 4. The van der Waals surface area contributed by atoms with Crippen LogP contribution in [0.2, 0.25) is 0 Å². The summed E-state index contributed by atoms with van der Waals surface area (Å²) in [5.41, 5.74) is 22.3. The van der Waals surface area contributed by atoms with Gasteiger partial charge in [0.25, 0.3) is 0 Å². The number of fused-ring (bicyclic) bond motifs is 6. The lowest BCUT2D eigenvalue weighted by atomic mass is 9.69. The fourth-order valence-corrected chi connectivity index (χ4v) is 14.0. The van der Waals surface area contributed by atoms with Gasteiger partial charge in [-0.3, -0.25) is 0 Å². The van der Waals surface area contributed by atoms with Gasteiger partial charge in [0.1, 0.15) is 17.2 Å². The van der Waals surface area contributed by atoms with Gasteiger partial charge in [-0.25, -0.2) is 0 Å². The molecule has 0 amide bonds. The third kappa shape index (κ3) is 12.9. The maximum Gasteiger partial charge on any atom is 0.119 e. The number of hydrogen-bond donors (Lipinski definition) is 0. The van der Waals surface area contributed by atoms with E-state index in [0.29, 0.717) is 19.8 Å². The first kappa shape index (κ1) is 60.7. The Bertz CT molecular complexity index is 4690. The molecule has 0 saturated heterocycles. The summed E-state index contributed by atoms with van der Waals surface area (Å²) < 4.78 is 20.9. The summed E-state index contributed by atoms with van der Waals surface area (Å²) in [4.78, 5) is 2.45. The monoisotopic (exact) mass is 1220 g/mol. The van der Waals surface area contributed by atoms with Crippen LogP contribution in [0.5, 0.6) is 17.2 Å². The lowest BCUT2D eigenvalue weighted by Crippen LogP contribution is -2.27. The molecule has 1 unspecified atom stereocenters. The van der Waals surface area contributed by atoms with Crippen LogP contribution in [0.15, 0.2) is 304 Å². The van der Waals surface area contributed by atoms with Gasteiger partial charge in [0.2, 0.25) is 0 Å². The van der Waals surface area contributed by atoms with Crippen molar-refractivity contribution in [3.05, 3.63) is 332 Å². The molecular formula is C89H78N2O3. The molecule has 0 N–H and O–H groups in total. The summed E-state index contributed by atoms with van der Waals surface area (Å²) in [6.07, 6.45) is 13.2. The first-order valence-corrected chi connectivity index (χ1v) is 33.4. The summed E-state index contributed by atoms with van der Waals surface area (Å²) in [5, 5.41) is 2.41. The maximum absolute atomic E-state index is 6.31. The molecule has 1 atom stereocenters. The van der Waals surface area contributed by atoms with Crippen molar-refractivity contribution in [1.29, 1.82) is 0 Å². The van der Waals surface area contributed by atoms with E-state index in [1.54, 1.807) is 0 Å². The number of anilines is 3. The minimum Gasteiger partial charge on any atom is -0.494 e. The minimum absolute atomic E-state index is 0.349. The van der Waals surface area contributed by atoms with E-state index in [2.05, 4.69) is 277 Å². The van der Waals surface area contributed by atoms with Crippen molar-refractivity contribution in [2.45, 2.75) is 63.2 Å². The number of rotatable bonds is 27. The van der Waals surface area contributed by atoms with Gasteiger partial charge in [0.05, 0.1) is 30.9 Å². The lowest BCUT2D eigenvalue weighted by Gasteiger charge is -2.34. The second kappa shape index (κ2) is 28.3. The minimum atomic E-state index is -0.349. The fourth-order valence-electron chi connectivity index (χ4n) is 14.0. The largest absolute Gasteiger partial charge is 0.494 e. The van der Waals surface area contributed by atoms with Gasteiger partial charge >= 0.3 is 0 Å². The summed E-state index contributed by atoms with van der Waals surface area (Å²) in [7, 11) is 0. The molecule has 14 rings (SSSR count). The highest BCUT2D eigenvalue weighted by atomic mass is 16.5. The van der Waals surface area contributed by atoms with Crippen molar-refractivity contribution in [1.82, 2.24) is 4.57 Å². The van der Waals surface area contributed by atoms with E-state index in [-0.39, 0.29) is 5.41 Å². The predicted molar refractivity (Wildman–Crippen MR) is 395 cm³/mol. The molecule has 0 spiro atoms. The summed E-state index contributed by atoms with van der Waals surface area (Å²) in [6.45, 7) is 9.83. The molecule has 1 heterocycles. The molecule has 5 nitrogen and oxygen atoms in total. The first-order valence-electron chi connectivity index (χ1n) is 33.4. The Balaban J connectivity index is 0.756. The molecule has 0 bridgehead atoms. The van der Waals surface area contributed by atoms with Crippen LogP contribution in [0.1, 0.15) is 85.6 Å². The molecule has 0 radical (unpaired) electrons. The standard InChI is InChI=1S/C89H78N2O3/c1-3-65-32-49-78(50-33-65)92-59-21-6-5-20-58-89(73-28-16-11-17-29-73)85-31-19-18-30-81(85)82-55-48-77(64-86(82)89)90(74-42-36-69(37-43-74)67-24-12-9-13-25-67)75-44-38-70(39-45-75)72-41-57-88-84(63-72)83-62-71(68-26-14-10-15-27-68)40-56-87(83)91(88)76-46-53-80(54-47-76)94-61-23-8-7-22-60-93-79-51-34-66(4-2)35-52-79/h3-4,9-19,24-57,62-64H,1-2,5-8,20-23,58-61H2. The predicted octanol–water partition coefficient (Wildman–Crippen LogP) is 23.9. The van der Waals surface area contributed by atoms with Crippen molar-refractivity contribution >= 4 is 51.0 Å².